The second-order valence-electron chi connectivity index (χ2n) is 8.82. The summed E-state index contributed by atoms with van der Waals surface area (Å²) < 4.78 is 19.8. The van der Waals surface area contributed by atoms with Crippen LogP contribution in [0.4, 0.5) is 15.8 Å². The Balaban J connectivity index is 1.20. The van der Waals surface area contributed by atoms with Crippen molar-refractivity contribution >= 4 is 23.2 Å². The summed E-state index contributed by atoms with van der Waals surface area (Å²) in [6.45, 7) is 4.17. The lowest BCUT2D eigenvalue weighted by atomic mass is 10.0. The average molecular weight is 476 g/mol. The Morgan fingerprint density at radius 1 is 0.857 bits per heavy atom. The Bertz CT molecular complexity index is 1130. The van der Waals surface area contributed by atoms with Gasteiger partial charge in [0.15, 0.2) is 0 Å². The predicted octanol–water partition coefficient (Wildman–Crippen LogP) is 5.32. The van der Waals surface area contributed by atoms with E-state index in [0.717, 1.165) is 5.75 Å². The molecule has 1 unspecified atom stereocenters. The Kier molecular flexibility index (Phi) is 7.98. The number of benzene rings is 3. The van der Waals surface area contributed by atoms with E-state index in [9.17, 15) is 14.0 Å². The van der Waals surface area contributed by atoms with E-state index in [0.29, 0.717) is 49.7 Å². The number of nitrogens with one attached hydrogen (secondary N) is 1. The monoisotopic (exact) mass is 475 g/mol. The third-order valence-corrected chi connectivity index (χ3v) is 6.00. The zero-order valence-corrected chi connectivity index (χ0v) is 19.8. The third-order valence-electron chi connectivity index (χ3n) is 6.00. The lowest BCUT2D eigenvalue weighted by molar-refractivity contribution is -0.132. The second kappa shape index (κ2) is 11.5. The highest BCUT2D eigenvalue weighted by Crippen LogP contribution is 2.24. The van der Waals surface area contributed by atoms with Crippen LogP contribution < -0.4 is 15.0 Å². The van der Waals surface area contributed by atoms with E-state index in [1.165, 1.54) is 6.07 Å². The van der Waals surface area contributed by atoms with Crippen LogP contribution in [0.3, 0.4) is 0 Å². The Morgan fingerprint density at radius 3 is 2.17 bits per heavy atom. The first kappa shape index (κ1) is 24.3. The second-order valence-corrected chi connectivity index (χ2v) is 8.82. The van der Waals surface area contributed by atoms with Crippen molar-refractivity contribution in [1.29, 1.82) is 0 Å². The summed E-state index contributed by atoms with van der Waals surface area (Å²) in [7, 11) is 0. The summed E-state index contributed by atoms with van der Waals surface area (Å²) in [5, 5.41) is 2.88. The van der Waals surface area contributed by atoms with E-state index in [1.54, 1.807) is 41.3 Å². The molecule has 3 aromatic rings. The summed E-state index contributed by atoms with van der Waals surface area (Å²) >= 11 is 0. The van der Waals surface area contributed by atoms with Gasteiger partial charge in [0.25, 0.3) is 0 Å². The fourth-order valence-electron chi connectivity index (χ4n) is 4.16. The van der Waals surface area contributed by atoms with E-state index in [4.69, 9.17) is 4.74 Å². The number of carbonyl (C=O) groups excluding carboxylic acids is 2. The van der Waals surface area contributed by atoms with Gasteiger partial charge in [-0.15, -0.1) is 0 Å². The number of para-hydroxylation sites is 2. The number of piperazine rings is 1. The first-order chi connectivity index (χ1) is 17.0. The summed E-state index contributed by atoms with van der Waals surface area (Å²) in [5.41, 5.74) is 1.25. The standard InChI is InChI=1S/C28H30FN3O3/c1-21(20-28(34)32-17-15-31(16-18-32)26-10-6-5-9-25(26)29)19-27(33)30-22-11-13-24(14-12-22)35-23-7-3-2-4-8-23/h2-14,21H,15-20H2,1H3,(H,30,33). The Hall–Kier alpha value is -3.87. The van der Waals surface area contributed by atoms with E-state index >= 15 is 0 Å². The first-order valence-corrected chi connectivity index (χ1v) is 11.9. The summed E-state index contributed by atoms with van der Waals surface area (Å²) in [6, 6.07) is 23.4. The smallest absolute Gasteiger partial charge is 0.224 e. The molecule has 0 aliphatic carbocycles. The van der Waals surface area contributed by atoms with Crippen molar-refractivity contribution < 1.29 is 18.7 Å². The number of anilines is 2. The number of nitrogens with zero attached hydrogens (tertiary/aromatic N) is 2. The van der Waals surface area contributed by atoms with Gasteiger partial charge in [-0.25, -0.2) is 4.39 Å². The topological polar surface area (TPSA) is 61.9 Å². The number of rotatable bonds is 8. The highest BCUT2D eigenvalue weighted by molar-refractivity contribution is 5.91. The number of hydrogen-bond donors (Lipinski definition) is 1. The van der Waals surface area contributed by atoms with Crippen molar-refractivity contribution in [2.45, 2.75) is 19.8 Å². The van der Waals surface area contributed by atoms with Gasteiger partial charge in [0, 0.05) is 44.7 Å². The van der Waals surface area contributed by atoms with Crippen molar-refractivity contribution in [2.24, 2.45) is 5.92 Å². The van der Waals surface area contributed by atoms with E-state index in [-0.39, 0.29) is 30.0 Å². The van der Waals surface area contributed by atoms with Crippen molar-refractivity contribution in [3.8, 4) is 11.5 Å². The van der Waals surface area contributed by atoms with Crippen LogP contribution in [0.1, 0.15) is 19.8 Å². The maximum atomic E-state index is 14.0. The van der Waals surface area contributed by atoms with E-state index in [2.05, 4.69) is 5.32 Å². The summed E-state index contributed by atoms with van der Waals surface area (Å²) in [6.07, 6.45) is 0.556. The molecule has 182 valence electrons. The highest BCUT2D eigenvalue weighted by Gasteiger charge is 2.24. The average Bonchev–Trinajstić information content (AvgIpc) is 2.86. The lowest BCUT2D eigenvalue weighted by Gasteiger charge is -2.36. The van der Waals surface area contributed by atoms with Crippen LogP contribution in [0.15, 0.2) is 78.9 Å². The molecule has 0 saturated carbocycles. The first-order valence-electron chi connectivity index (χ1n) is 11.9. The van der Waals surface area contributed by atoms with Crippen LogP contribution >= 0.6 is 0 Å². The predicted molar refractivity (Wildman–Crippen MR) is 135 cm³/mol. The van der Waals surface area contributed by atoms with Gasteiger partial charge >= 0.3 is 0 Å². The van der Waals surface area contributed by atoms with E-state index < -0.39 is 0 Å². The van der Waals surface area contributed by atoms with Crippen molar-refractivity contribution in [3.05, 3.63) is 84.7 Å². The molecule has 3 aromatic carbocycles. The van der Waals surface area contributed by atoms with Crippen LogP contribution in [0.5, 0.6) is 11.5 Å². The lowest BCUT2D eigenvalue weighted by Crippen LogP contribution is -2.49. The highest BCUT2D eigenvalue weighted by atomic mass is 19.1. The molecule has 0 aromatic heterocycles. The van der Waals surface area contributed by atoms with Crippen molar-refractivity contribution in [3.63, 3.8) is 0 Å². The number of carbonyl (C=O) groups is 2. The molecular formula is C28H30FN3O3. The zero-order valence-electron chi connectivity index (χ0n) is 19.8. The number of amides is 2. The molecule has 4 rings (SSSR count). The maximum Gasteiger partial charge on any atom is 0.224 e. The Labute approximate surface area is 205 Å². The zero-order chi connectivity index (χ0) is 24.6. The number of halogens is 1. The fourth-order valence-corrected chi connectivity index (χ4v) is 4.16. The van der Waals surface area contributed by atoms with Gasteiger partial charge in [-0.1, -0.05) is 37.3 Å². The molecule has 1 heterocycles. The minimum atomic E-state index is -0.245. The molecule has 1 saturated heterocycles. The van der Waals surface area contributed by atoms with Gasteiger partial charge in [0.1, 0.15) is 17.3 Å². The maximum absolute atomic E-state index is 14.0. The van der Waals surface area contributed by atoms with Gasteiger partial charge in [-0.3, -0.25) is 9.59 Å². The van der Waals surface area contributed by atoms with Crippen LogP contribution in [0.2, 0.25) is 0 Å². The molecule has 1 aliphatic heterocycles. The molecule has 0 bridgehead atoms. The molecular weight excluding hydrogens is 445 g/mol. The van der Waals surface area contributed by atoms with Gasteiger partial charge in [0.05, 0.1) is 5.69 Å². The van der Waals surface area contributed by atoms with Gasteiger partial charge in [-0.05, 0) is 54.4 Å². The fraction of sp³-hybridized carbons (Fsp3) is 0.286. The van der Waals surface area contributed by atoms with E-state index in [1.807, 2.05) is 48.2 Å². The molecule has 1 atom stereocenters. The van der Waals surface area contributed by atoms with Crippen molar-refractivity contribution in [2.75, 3.05) is 36.4 Å². The molecule has 35 heavy (non-hydrogen) atoms. The molecule has 1 N–H and O–H groups in total. The third kappa shape index (κ3) is 6.82. The van der Waals surface area contributed by atoms with Crippen LogP contribution in [-0.4, -0.2) is 42.9 Å². The largest absolute Gasteiger partial charge is 0.457 e. The molecule has 1 aliphatic rings. The minimum Gasteiger partial charge on any atom is -0.457 e. The summed E-state index contributed by atoms with van der Waals surface area (Å²) in [4.78, 5) is 29.0. The van der Waals surface area contributed by atoms with Crippen LogP contribution in [0.25, 0.3) is 0 Å². The van der Waals surface area contributed by atoms with Gasteiger partial charge in [-0.2, -0.15) is 0 Å². The quantitative estimate of drug-likeness (QED) is 0.479. The normalized spacial score (nSPS) is 14.3. The molecule has 0 radical (unpaired) electrons. The SMILES string of the molecule is CC(CC(=O)Nc1ccc(Oc2ccccc2)cc1)CC(=O)N1CCN(c2ccccc2F)CC1. The van der Waals surface area contributed by atoms with Gasteiger partial charge in [0.2, 0.25) is 11.8 Å². The van der Waals surface area contributed by atoms with Crippen LogP contribution in [0, 0.1) is 11.7 Å². The summed E-state index contributed by atoms with van der Waals surface area (Å²) in [5.74, 6) is 0.991. The Morgan fingerprint density at radius 2 is 1.49 bits per heavy atom. The molecule has 1 fully saturated rings. The van der Waals surface area contributed by atoms with Gasteiger partial charge < -0.3 is 19.9 Å². The molecule has 6 nitrogen and oxygen atoms in total. The van der Waals surface area contributed by atoms with Crippen molar-refractivity contribution in [1.82, 2.24) is 4.90 Å². The molecule has 2 amide bonds. The number of hydrogen-bond acceptors (Lipinski definition) is 4. The van der Waals surface area contributed by atoms with Crippen LogP contribution in [-0.2, 0) is 9.59 Å². The molecule has 7 heteroatoms. The molecule has 0 spiro atoms. The number of ether oxygens (including phenoxy) is 1. The minimum absolute atomic E-state index is 0.0286.